The smallest absolute Gasteiger partial charge is 0.136 e. The van der Waals surface area contributed by atoms with E-state index < -0.39 is 0 Å². The molecule has 4 aromatic heterocycles. The normalized spacial score (nSPS) is 12.0. The first kappa shape index (κ1) is 35.8. The molecular formula is C61H35NO3. The fraction of sp³-hybridized carbons (Fsp3) is 0. The van der Waals surface area contributed by atoms with Crippen molar-refractivity contribution in [1.82, 2.24) is 4.98 Å². The summed E-state index contributed by atoms with van der Waals surface area (Å²) >= 11 is 0. The number of rotatable bonds is 5. The van der Waals surface area contributed by atoms with Crippen molar-refractivity contribution in [3.8, 4) is 55.8 Å². The molecule has 0 bridgehead atoms. The van der Waals surface area contributed by atoms with E-state index in [4.69, 9.17) is 18.2 Å². The highest BCUT2D eigenvalue weighted by Gasteiger charge is 2.22. The first-order chi connectivity index (χ1) is 32.2. The molecule has 14 aromatic rings. The van der Waals surface area contributed by atoms with Crippen LogP contribution in [0.1, 0.15) is 0 Å². The van der Waals surface area contributed by atoms with Crippen molar-refractivity contribution < 1.29 is 13.3 Å². The predicted octanol–water partition coefficient (Wildman–Crippen LogP) is 17.4. The zero-order chi connectivity index (χ0) is 42.6. The minimum Gasteiger partial charge on any atom is -0.456 e. The molecule has 0 atom stereocenters. The van der Waals surface area contributed by atoms with Crippen molar-refractivity contribution >= 4 is 87.5 Å². The largest absolute Gasteiger partial charge is 0.456 e. The van der Waals surface area contributed by atoms with E-state index in [0.717, 1.165) is 138 Å². The van der Waals surface area contributed by atoms with Gasteiger partial charge in [0.15, 0.2) is 0 Å². The standard InChI is InChI=1S/C61H35NO3/c1-2-14-37(15-3-1)56-59-44-16-4-8-22-49(44)62-61(48(59)35-55-60(56)47-19-7-11-25-52(47)65-55)38-30-28-36(29-31-38)39-32-40(42-20-12-26-53-57(42)45-17-5-9-23-50(45)63-53)34-41(33-39)43-21-13-27-54-58(43)46-18-6-10-24-51(46)64-54/h1-35H. The van der Waals surface area contributed by atoms with Crippen molar-refractivity contribution in [1.29, 1.82) is 0 Å². The Bertz CT molecular complexity index is 4100. The highest BCUT2D eigenvalue weighted by Crippen LogP contribution is 2.47. The first-order valence-corrected chi connectivity index (χ1v) is 22.0. The van der Waals surface area contributed by atoms with Crippen LogP contribution in [0.4, 0.5) is 0 Å². The zero-order valence-electron chi connectivity index (χ0n) is 34.9. The molecule has 0 aliphatic rings. The van der Waals surface area contributed by atoms with Crippen LogP contribution in [-0.4, -0.2) is 4.98 Å². The van der Waals surface area contributed by atoms with E-state index in [-0.39, 0.29) is 0 Å². The highest BCUT2D eigenvalue weighted by molar-refractivity contribution is 6.28. The number of fused-ring (bicyclic) bond motifs is 12. The number of pyridine rings is 1. The third-order valence-electron chi connectivity index (χ3n) is 13.2. The number of para-hydroxylation sites is 4. The maximum absolute atomic E-state index is 6.65. The Hall–Kier alpha value is -8.73. The van der Waals surface area contributed by atoms with Gasteiger partial charge >= 0.3 is 0 Å². The van der Waals surface area contributed by atoms with E-state index in [2.05, 4.69) is 182 Å². The number of hydrogen-bond acceptors (Lipinski definition) is 4. The highest BCUT2D eigenvalue weighted by atomic mass is 16.3. The van der Waals surface area contributed by atoms with Gasteiger partial charge in [-0.05, 0) is 99.6 Å². The summed E-state index contributed by atoms with van der Waals surface area (Å²) < 4.78 is 19.4. The first-order valence-electron chi connectivity index (χ1n) is 22.0. The van der Waals surface area contributed by atoms with Crippen LogP contribution in [0.25, 0.3) is 143 Å². The molecule has 302 valence electrons. The second-order valence-electron chi connectivity index (χ2n) is 16.9. The van der Waals surface area contributed by atoms with Crippen LogP contribution in [0.2, 0.25) is 0 Å². The maximum atomic E-state index is 6.65. The lowest BCUT2D eigenvalue weighted by Crippen LogP contribution is -1.93. The molecule has 10 aromatic carbocycles. The Morgan fingerprint density at radius 1 is 0.262 bits per heavy atom. The van der Waals surface area contributed by atoms with Gasteiger partial charge in [0.1, 0.15) is 33.5 Å². The molecule has 0 radical (unpaired) electrons. The monoisotopic (exact) mass is 829 g/mol. The molecule has 4 nitrogen and oxygen atoms in total. The molecule has 0 aliphatic carbocycles. The zero-order valence-corrected chi connectivity index (χ0v) is 34.9. The number of aromatic nitrogens is 1. The molecular weight excluding hydrogens is 795 g/mol. The van der Waals surface area contributed by atoms with Crippen LogP contribution in [0.5, 0.6) is 0 Å². The summed E-state index contributed by atoms with van der Waals surface area (Å²) in [7, 11) is 0. The van der Waals surface area contributed by atoms with Crippen molar-refractivity contribution in [3.05, 3.63) is 212 Å². The van der Waals surface area contributed by atoms with E-state index in [1.807, 2.05) is 30.3 Å². The van der Waals surface area contributed by atoms with Crippen LogP contribution in [0.3, 0.4) is 0 Å². The Kier molecular flexibility index (Phi) is 7.65. The van der Waals surface area contributed by atoms with Gasteiger partial charge in [0.25, 0.3) is 0 Å². The third kappa shape index (κ3) is 5.47. The van der Waals surface area contributed by atoms with Gasteiger partial charge in [0.05, 0.1) is 11.2 Å². The van der Waals surface area contributed by atoms with Crippen LogP contribution >= 0.6 is 0 Å². The topological polar surface area (TPSA) is 52.3 Å². The lowest BCUT2D eigenvalue weighted by atomic mass is 9.89. The lowest BCUT2D eigenvalue weighted by molar-refractivity contribution is 0.668. The fourth-order valence-electron chi connectivity index (χ4n) is 10.4. The molecule has 0 unspecified atom stereocenters. The Labute approximate surface area is 372 Å². The van der Waals surface area contributed by atoms with Crippen molar-refractivity contribution in [2.75, 3.05) is 0 Å². The molecule has 0 aliphatic heterocycles. The quantitative estimate of drug-likeness (QED) is 0.162. The summed E-state index contributed by atoms with van der Waals surface area (Å²) in [6.07, 6.45) is 0. The SMILES string of the molecule is c1ccc(-c2c3c(cc4c(-c5ccc(-c6cc(-c7cccc8oc9ccccc9c78)cc(-c7cccc8oc9ccccc9c78)c6)cc5)nc5ccccc5c24)oc2ccccc23)cc1. The Morgan fingerprint density at radius 2 is 0.738 bits per heavy atom. The molecule has 0 spiro atoms. The fourth-order valence-corrected chi connectivity index (χ4v) is 10.4. The summed E-state index contributed by atoms with van der Waals surface area (Å²) in [6.45, 7) is 0. The van der Waals surface area contributed by atoms with Crippen LogP contribution < -0.4 is 0 Å². The Balaban J connectivity index is 0.997. The second kappa shape index (κ2) is 13.9. The summed E-state index contributed by atoms with van der Waals surface area (Å²) in [5.74, 6) is 0. The van der Waals surface area contributed by atoms with Gasteiger partial charge < -0.3 is 13.3 Å². The van der Waals surface area contributed by atoms with Gasteiger partial charge in [-0.2, -0.15) is 0 Å². The third-order valence-corrected chi connectivity index (χ3v) is 13.2. The number of furan rings is 3. The van der Waals surface area contributed by atoms with E-state index in [1.54, 1.807) is 0 Å². The average Bonchev–Trinajstić information content (AvgIpc) is 4.07. The van der Waals surface area contributed by atoms with E-state index in [9.17, 15) is 0 Å². The van der Waals surface area contributed by atoms with E-state index in [1.165, 1.54) is 5.39 Å². The number of benzene rings is 10. The van der Waals surface area contributed by atoms with Crippen molar-refractivity contribution in [2.24, 2.45) is 0 Å². The van der Waals surface area contributed by atoms with E-state index in [0.29, 0.717) is 0 Å². The summed E-state index contributed by atoms with van der Waals surface area (Å²) in [5.41, 5.74) is 17.0. The van der Waals surface area contributed by atoms with Crippen LogP contribution in [-0.2, 0) is 0 Å². The molecule has 0 saturated heterocycles. The lowest BCUT2D eigenvalue weighted by Gasteiger charge is -2.16. The van der Waals surface area contributed by atoms with Gasteiger partial charge in [-0.3, -0.25) is 0 Å². The molecule has 4 heterocycles. The molecule has 0 amide bonds. The predicted molar refractivity (Wildman–Crippen MR) is 268 cm³/mol. The minimum atomic E-state index is 0.845. The molecule has 0 saturated carbocycles. The van der Waals surface area contributed by atoms with E-state index >= 15 is 0 Å². The van der Waals surface area contributed by atoms with Gasteiger partial charge in [0.2, 0.25) is 0 Å². The van der Waals surface area contributed by atoms with Gasteiger partial charge in [0, 0.05) is 59.6 Å². The van der Waals surface area contributed by atoms with Gasteiger partial charge in [-0.25, -0.2) is 4.98 Å². The molecule has 14 rings (SSSR count). The summed E-state index contributed by atoms with van der Waals surface area (Å²) in [4.78, 5) is 5.42. The molecule has 0 N–H and O–H groups in total. The van der Waals surface area contributed by atoms with Gasteiger partial charge in [-0.1, -0.05) is 152 Å². The summed E-state index contributed by atoms with van der Waals surface area (Å²) in [6, 6.07) is 75.0. The maximum Gasteiger partial charge on any atom is 0.136 e. The molecule has 4 heteroatoms. The molecule has 65 heavy (non-hydrogen) atoms. The molecule has 0 fully saturated rings. The van der Waals surface area contributed by atoms with Crippen molar-refractivity contribution in [3.63, 3.8) is 0 Å². The van der Waals surface area contributed by atoms with Gasteiger partial charge in [-0.15, -0.1) is 0 Å². The van der Waals surface area contributed by atoms with Crippen molar-refractivity contribution in [2.45, 2.75) is 0 Å². The van der Waals surface area contributed by atoms with Crippen LogP contribution in [0.15, 0.2) is 226 Å². The van der Waals surface area contributed by atoms with Crippen LogP contribution in [0, 0.1) is 0 Å². The second-order valence-corrected chi connectivity index (χ2v) is 16.9. The minimum absolute atomic E-state index is 0.845. The Morgan fingerprint density at radius 3 is 1.35 bits per heavy atom. The number of nitrogens with zero attached hydrogens (tertiary/aromatic N) is 1. The number of hydrogen-bond donors (Lipinski definition) is 0. The average molecular weight is 830 g/mol. The summed E-state index contributed by atoms with van der Waals surface area (Å²) in [5, 5.41) is 9.96.